The van der Waals surface area contributed by atoms with Crippen LogP contribution in [0.25, 0.3) is 0 Å². The molecule has 30 heavy (non-hydrogen) atoms. The summed E-state index contributed by atoms with van der Waals surface area (Å²) in [6.45, 7) is 2.44. The van der Waals surface area contributed by atoms with Gasteiger partial charge in [0, 0.05) is 0 Å². The molecule has 0 saturated carbocycles. The quantitative estimate of drug-likeness (QED) is 0.378. The highest BCUT2D eigenvalue weighted by molar-refractivity contribution is 5.81. The van der Waals surface area contributed by atoms with E-state index in [-0.39, 0.29) is 0 Å². The van der Waals surface area contributed by atoms with Crippen LogP contribution in [0.15, 0.2) is 71.8 Å². The number of nitrogens with one attached hydrogen (secondary N) is 1. The maximum absolute atomic E-state index is 12.6. The van der Waals surface area contributed by atoms with Crippen molar-refractivity contribution in [3.8, 4) is 11.5 Å². The van der Waals surface area contributed by atoms with Crippen molar-refractivity contribution in [2.45, 2.75) is 19.7 Å². The van der Waals surface area contributed by atoms with Crippen molar-refractivity contribution in [1.82, 2.24) is 0 Å². The first-order valence-electron chi connectivity index (χ1n) is 9.18. The van der Waals surface area contributed by atoms with Gasteiger partial charge >= 0.3 is 6.18 Å². The molecule has 3 rings (SSSR count). The Balaban J connectivity index is 1.61. The second-order valence-corrected chi connectivity index (χ2v) is 6.63. The zero-order chi connectivity index (χ0) is 21.6. The molecule has 0 aliphatic heterocycles. The number of nitrogens with zero attached hydrogens (tertiary/aromatic N) is 1. The van der Waals surface area contributed by atoms with Gasteiger partial charge in [-0.1, -0.05) is 29.8 Å². The summed E-state index contributed by atoms with van der Waals surface area (Å²) in [5, 5.41) is 4.06. The number of halogens is 3. The van der Waals surface area contributed by atoms with Crippen molar-refractivity contribution in [1.29, 1.82) is 0 Å². The Hall–Kier alpha value is -3.48. The van der Waals surface area contributed by atoms with E-state index in [2.05, 4.69) is 10.5 Å². The molecular formula is C23H21F3N2O2. The molecule has 0 aromatic heterocycles. The van der Waals surface area contributed by atoms with Gasteiger partial charge in [-0.3, -0.25) is 5.43 Å². The van der Waals surface area contributed by atoms with E-state index in [1.54, 1.807) is 25.5 Å². The van der Waals surface area contributed by atoms with Crippen LogP contribution >= 0.6 is 0 Å². The summed E-state index contributed by atoms with van der Waals surface area (Å²) in [5.74, 6) is 1.16. The third-order valence-electron chi connectivity index (χ3n) is 4.32. The van der Waals surface area contributed by atoms with Gasteiger partial charge in [-0.15, -0.1) is 0 Å². The molecule has 3 aromatic rings. The lowest BCUT2D eigenvalue weighted by Crippen LogP contribution is -2.04. The van der Waals surface area contributed by atoms with Gasteiger partial charge in [0.05, 0.1) is 24.6 Å². The Morgan fingerprint density at radius 1 is 0.933 bits per heavy atom. The van der Waals surface area contributed by atoms with Crippen LogP contribution in [-0.4, -0.2) is 13.3 Å². The number of alkyl halides is 3. The number of aryl methyl sites for hydroxylation is 1. The maximum Gasteiger partial charge on any atom is 0.416 e. The highest BCUT2D eigenvalue weighted by atomic mass is 19.4. The summed E-state index contributed by atoms with van der Waals surface area (Å²) in [6.07, 6.45) is -2.81. The topological polar surface area (TPSA) is 42.8 Å². The molecule has 0 saturated heterocycles. The Morgan fingerprint density at radius 3 is 2.27 bits per heavy atom. The number of hydrogen-bond donors (Lipinski definition) is 1. The van der Waals surface area contributed by atoms with Crippen LogP contribution in [0.3, 0.4) is 0 Å². The average Bonchev–Trinajstić information content (AvgIpc) is 2.73. The fourth-order valence-electron chi connectivity index (χ4n) is 2.64. The molecule has 0 atom stereocenters. The van der Waals surface area contributed by atoms with E-state index in [1.165, 1.54) is 17.7 Å². The van der Waals surface area contributed by atoms with E-state index >= 15 is 0 Å². The van der Waals surface area contributed by atoms with Gasteiger partial charge in [-0.05, 0) is 60.5 Å². The fourth-order valence-corrected chi connectivity index (χ4v) is 2.64. The van der Waals surface area contributed by atoms with E-state index in [0.29, 0.717) is 23.8 Å². The first-order valence-corrected chi connectivity index (χ1v) is 9.18. The van der Waals surface area contributed by atoms with Gasteiger partial charge in [-0.2, -0.15) is 18.3 Å². The van der Waals surface area contributed by atoms with Gasteiger partial charge in [0.1, 0.15) is 6.61 Å². The van der Waals surface area contributed by atoms with Crippen molar-refractivity contribution in [3.05, 3.63) is 89.0 Å². The first-order chi connectivity index (χ1) is 14.3. The van der Waals surface area contributed by atoms with Crippen LogP contribution in [0.1, 0.15) is 22.3 Å². The molecule has 0 radical (unpaired) electrons. The van der Waals surface area contributed by atoms with Crippen LogP contribution < -0.4 is 14.9 Å². The summed E-state index contributed by atoms with van der Waals surface area (Å²) in [4.78, 5) is 0. The van der Waals surface area contributed by atoms with Crippen molar-refractivity contribution < 1.29 is 22.6 Å². The smallest absolute Gasteiger partial charge is 0.416 e. The highest BCUT2D eigenvalue weighted by Gasteiger charge is 2.29. The highest BCUT2D eigenvalue weighted by Crippen LogP contribution is 2.30. The third-order valence-corrected chi connectivity index (χ3v) is 4.32. The normalized spacial score (nSPS) is 11.5. The Kier molecular flexibility index (Phi) is 6.61. The zero-order valence-electron chi connectivity index (χ0n) is 16.5. The number of benzene rings is 3. The molecule has 0 bridgehead atoms. The lowest BCUT2D eigenvalue weighted by atomic mass is 10.2. The standard InChI is InChI=1S/C23H21F3N2O2/c1-16-3-5-17(6-4-16)15-30-21-12-7-18(13-22(21)29-2)14-27-28-20-10-8-19(9-11-20)23(24,25)26/h3-14,28H,15H2,1-2H3. The van der Waals surface area contributed by atoms with Crippen LogP contribution in [0, 0.1) is 6.92 Å². The maximum atomic E-state index is 12.6. The molecule has 0 aliphatic rings. The molecule has 0 aliphatic carbocycles. The van der Waals surface area contributed by atoms with Crippen molar-refractivity contribution in [2.75, 3.05) is 12.5 Å². The van der Waals surface area contributed by atoms with Gasteiger partial charge < -0.3 is 9.47 Å². The van der Waals surface area contributed by atoms with E-state index in [1.807, 2.05) is 37.3 Å². The predicted molar refractivity (Wildman–Crippen MR) is 111 cm³/mol. The third kappa shape index (κ3) is 5.76. The van der Waals surface area contributed by atoms with Crippen LogP contribution in [-0.2, 0) is 12.8 Å². The predicted octanol–water partition coefficient (Wildman–Crippen LogP) is 6.05. The number of ether oxygens (including phenoxy) is 2. The molecule has 0 amide bonds. The summed E-state index contributed by atoms with van der Waals surface area (Å²) >= 11 is 0. The monoisotopic (exact) mass is 414 g/mol. The second kappa shape index (κ2) is 9.35. The number of anilines is 1. The van der Waals surface area contributed by atoms with Crippen molar-refractivity contribution >= 4 is 11.9 Å². The summed E-state index contributed by atoms with van der Waals surface area (Å²) in [5.41, 5.74) is 5.43. The lowest BCUT2D eigenvalue weighted by Gasteiger charge is -2.11. The second-order valence-electron chi connectivity index (χ2n) is 6.63. The number of methoxy groups -OCH3 is 1. The molecule has 0 unspecified atom stereocenters. The molecule has 4 nitrogen and oxygen atoms in total. The molecule has 0 heterocycles. The van der Waals surface area contributed by atoms with E-state index < -0.39 is 11.7 Å². The zero-order valence-corrected chi connectivity index (χ0v) is 16.5. The van der Waals surface area contributed by atoms with Crippen molar-refractivity contribution in [3.63, 3.8) is 0 Å². The molecule has 0 spiro atoms. The van der Waals surface area contributed by atoms with Crippen LogP contribution in [0.4, 0.5) is 18.9 Å². The molecular weight excluding hydrogens is 393 g/mol. The fraction of sp³-hybridized carbons (Fsp3) is 0.174. The number of rotatable bonds is 7. The molecule has 0 fully saturated rings. The summed E-state index contributed by atoms with van der Waals surface area (Å²) < 4.78 is 49.0. The Morgan fingerprint density at radius 2 is 1.63 bits per heavy atom. The molecule has 156 valence electrons. The number of hydrogen-bond acceptors (Lipinski definition) is 4. The first kappa shape index (κ1) is 21.2. The summed E-state index contributed by atoms with van der Waals surface area (Å²) in [7, 11) is 1.55. The largest absolute Gasteiger partial charge is 0.493 e. The van der Waals surface area contributed by atoms with Gasteiger partial charge in [0.2, 0.25) is 0 Å². The van der Waals surface area contributed by atoms with Gasteiger partial charge in [-0.25, -0.2) is 0 Å². The van der Waals surface area contributed by atoms with Gasteiger partial charge in [0.25, 0.3) is 0 Å². The Labute approximate surface area is 173 Å². The molecule has 1 N–H and O–H groups in total. The summed E-state index contributed by atoms with van der Waals surface area (Å²) in [6, 6.07) is 18.1. The minimum absolute atomic E-state index is 0.416. The molecule has 7 heteroatoms. The van der Waals surface area contributed by atoms with Gasteiger partial charge in [0.15, 0.2) is 11.5 Å². The van der Waals surface area contributed by atoms with E-state index in [9.17, 15) is 13.2 Å². The van der Waals surface area contributed by atoms with E-state index in [0.717, 1.165) is 23.3 Å². The SMILES string of the molecule is COc1cc(C=NNc2ccc(C(F)(F)F)cc2)ccc1OCc1ccc(C)cc1. The van der Waals surface area contributed by atoms with Crippen LogP contribution in [0.2, 0.25) is 0 Å². The van der Waals surface area contributed by atoms with Crippen LogP contribution in [0.5, 0.6) is 11.5 Å². The minimum atomic E-state index is -4.36. The average molecular weight is 414 g/mol. The molecule has 3 aromatic carbocycles. The Bertz CT molecular complexity index is 998. The minimum Gasteiger partial charge on any atom is -0.493 e. The number of hydrazone groups is 1. The van der Waals surface area contributed by atoms with Crippen molar-refractivity contribution in [2.24, 2.45) is 5.10 Å². The lowest BCUT2D eigenvalue weighted by molar-refractivity contribution is -0.137. The van der Waals surface area contributed by atoms with E-state index in [4.69, 9.17) is 9.47 Å².